The third-order valence-electron chi connectivity index (χ3n) is 3.79. The van der Waals surface area contributed by atoms with Gasteiger partial charge in [0, 0.05) is 18.5 Å². The molecule has 2 rings (SSSR count). The van der Waals surface area contributed by atoms with Crippen LogP contribution in [0.15, 0.2) is 5.38 Å². The number of rotatable bonds is 4. The van der Waals surface area contributed by atoms with E-state index in [-0.39, 0.29) is 12.5 Å². The van der Waals surface area contributed by atoms with Crippen molar-refractivity contribution in [2.24, 2.45) is 5.41 Å². The second-order valence-electron chi connectivity index (χ2n) is 5.24. The monoisotopic (exact) mass is 297 g/mol. The maximum Gasteiger partial charge on any atom is 0.311 e. The predicted octanol–water partition coefficient (Wildman–Crippen LogP) is 1.83. The molecule has 0 aliphatic carbocycles. The normalized spacial score (nSPS) is 22.8. The molecule has 1 aliphatic rings. The fourth-order valence-electron chi connectivity index (χ4n) is 2.82. The van der Waals surface area contributed by atoms with Crippen LogP contribution in [0.4, 0.5) is 5.13 Å². The molecule has 3 N–H and O–H groups in total. The summed E-state index contributed by atoms with van der Waals surface area (Å²) in [6.45, 7) is 2.80. The predicted molar refractivity (Wildman–Crippen MR) is 76.6 cm³/mol. The summed E-state index contributed by atoms with van der Waals surface area (Å²) in [5.41, 5.74) is 5.03. The standard InChI is InChI=1S/C13H19N3O3S/c1-2-4-13(11(18)19)5-3-6-16(8-13)10(17)9-7-20-12(14)15-9/h7H,2-6,8H2,1H3,(H2,14,15)(H,18,19). The van der Waals surface area contributed by atoms with Crippen LogP contribution in [0.5, 0.6) is 0 Å². The van der Waals surface area contributed by atoms with Crippen LogP contribution in [-0.2, 0) is 4.79 Å². The zero-order valence-corrected chi connectivity index (χ0v) is 12.3. The second kappa shape index (κ2) is 5.78. The molecule has 20 heavy (non-hydrogen) atoms. The Labute approximate surface area is 121 Å². The van der Waals surface area contributed by atoms with Crippen LogP contribution >= 0.6 is 11.3 Å². The number of carboxylic acid groups (broad SMARTS) is 1. The van der Waals surface area contributed by atoms with Crippen LogP contribution in [0.2, 0.25) is 0 Å². The van der Waals surface area contributed by atoms with Crippen molar-refractivity contribution >= 4 is 28.3 Å². The van der Waals surface area contributed by atoms with Gasteiger partial charge in [-0.25, -0.2) is 4.98 Å². The van der Waals surface area contributed by atoms with Crippen molar-refractivity contribution < 1.29 is 14.7 Å². The number of carboxylic acids is 1. The van der Waals surface area contributed by atoms with Gasteiger partial charge in [0.15, 0.2) is 5.13 Å². The fraction of sp³-hybridized carbons (Fsp3) is 0.615. The number of anilines is 1. The quantitative estimate of drug-likeness (QED) is 0.883. The molecule has 2 heterocycles. The Kier molecular flexibility index (Phi) is 4.27. The van der Waals surface area contributed by atoms with Gasteiger partial charge in [-0.3, -0.25) is 9.59 Å². The van der Waals surface area contributed by atoms with E-state index in [0.29, 0.717) is 36.6 Å². The number of likely N-dealkylation sites (tertiary alicyclic amines) is 1. The van der Waals surface area contributed by atoms with Crippen LogP contribution in [0.25, 0.3) is 0 Å². The molecule has 6 nitrogen and oxygen atoms in total. The maximum absolute atomic E-state index is 12.3. The molecule has 0 radical (unpaired) electrons. The summed E-state index contributed by atoms with van der Waals surface area (Å²) < 4.78 is 0. The van der Waals surface area contributed by atoms with E-state index in [4.69, 9.17) is 5.73 Å². The van der Waals surface area contributed by atoms with Crippen LogP contribution in [-0.4, -0.2) is 40.0 Å². The number of nitrogens with zero attached hydrogens (tertiary/aromatic N) is 2. The van der Waals surface area contributed by atoms with E-state index in [1.54, 1.807) is 10.3 Å². The van der Waals surface area contributed by atoms with Gasteiger partial charge >= 0.3 is 5.97 Å². The van der Waals surface area contributed by atoms with Gasteiger partial charge in [0.1, 0.15) is 5.69 Å². The minimum absolute atomic E-state index is 0.223. The molecule has 0 saturated carbocycles. The highest BCUT2D eigenvalue weighted by Crippen LogP contribution is 2.35. The summed E-state index contributed by atoms with van der Waals surface area (Å²) in [5, 5.41) is 11.5. The fourth-order valence-corrected chi connectivity index (χ4v) is 3.35. The van der Waals surface area contributed by atoms with E-state index in [1.165, 1.54) is 11.3 Å². The zero-order chi connectivity index (χ0) is 14.8. The van der Waals surface area contributed by atoms with E-state index in [1.807, 2.05) is 6.92 Å². The summed E-state index contributed by atoms with van der Waals surface area (Å²) in [7, 11) is 0. The highest BCUT2D eigenvalue weighted by Gasteiger charge is 2.43. The zero-order valence-electron chi connectivity index (χ0n) is 11.5. The maximum atomic E-state index is 12.3. The summed E-state index contributed by atoms with van der Waals surface area (Å²) in [4.78, 5) is 29.5. The van der Waals surface area contributed by atoms with Crippen molar-refractivity contribution in [3.8, 4) is 0 Å². The van der Waals surface area contributed by atoms with Gasteiger partial charge in [-0.15, -0.1) is 11.3 Å². The van der Waals surface area contributed by atoms with E-state index >= 15 is 0 Å². The SMILES string of the molecule is CCCC1(C(=O)O)CCCN(C(=O)c2csc(N)n2)C1. The number of carbonyl (C=O) groups is 2. The van der Waals surface area contributed by atoms with E-state index in [2.05, 4.69) is 4.98 Å². The third-order valence-corrected chi connectivity index (χ3v) is 4.46. The Bertz CT molecular complexity index is 513. The molecule has 0 bridgehead atoms. The molecule has 1 aromatic heterocycles. The van der Waals surface area contributed by atoms with Crippen LogP contribution in [0, 0.1) is 5.41 Å². The highest BCUT2D eigenvalue weighted by atomic mass is 32.1. The number of hydrogen-bond acceptors (Lipinski definition) is 5. The van der Waals surface area contributed by atoms with Crippen molar-refractivity contribution in [2.75, 3.05) is 18.8 Å². The van der Waals surface area contributed by atoms with E-state index in [9.17, 15) is 14.7 Å². The molecule has 0 spiro atoms. The van der Waals surface area contributed by atoms with Gasteiger partial charge in [0.25, 0.3) is 5.91 Å². The number of amides is 1. The molecule has 0 aromatic carbocycles. The first-order valence-corrected chi connectivity index (χ1v) is 7.60. The van der Waals surface area contributed by atoms with Gasteiger partial charge in [0.2, 0.25) is 0 Å². The summed E-state index contributed by atoms with van der Waals surface area (Å²) in [5.74, 6) is -1.03. The van der Waals surface area contributed by atoms with Gasteiger partial charge in [-0.05, 0) is 19.3 Å². The van der Waals surface area contributed by atoms with Crippen LogP contribution < -0.4 is 5.73 Å². The van der Waals surface area contributed by atoms with E-state index < -0.39 is 11.4 Å². The lowest BCUT2D eigenvalue weighted by Crippen LogP contribution is -2.50. The molecule has 1 saturated heterocycles. The Morgan fingerprint density at radius 2 is 2.35 bits per heavy atom. The number of nitrogens with two attached hydrogens (primary N) is 1. The van der Waals surface area contributed by atoms with Gasteiger partial charge in [0.05, 0.1) is 5.41 Å². The van der Waals surface area contributed by atoms with E-state index in [0.717, 1.165) is 6.42 Å². The molecule has 1 amide bonds. The number of aliphatic carboxylic acids is 1. The molecule has 7 heteroatoms. The van der Waals surface area contributed by atoms with Crippen molar-refractivity contribution in [2.45, 2.75) is 32.6 Å². The largest absolute Gasteiger partial charge is 0.481 e. The second-order valence-corrected chi connectivity index (χ2v) is 6.13. The Balaban J connectivity index is 2.17. The minimum Gasteiger partial charge on any atom is -0.481 e. The van der Waals surface area contributed by atoms with Crippen molar-refractivity contribution in [3.05, 3.63) is 11.1 Å². The number of piperidine rings is 1. The van der Waals surface area contributed by atoms with Crippen molar-refractivity contribution in [3.63, 3.8) is 0 Å². The lowest BCUT2D eigenvalue weighted by Gasteiger charge is -2.39. The highest BCUT2D eigenvalue weighted by molar-refractivity contribution is 7.13. The third kappa shape index (κ3) is 2.77. The van der Waals surface area contributed by atoms with Gasteiger partial charge in [-0.2, -0.15) is 0 Å². The Morgan fingerprint density at radius 3 is 2.90 bits per heavy atom. The van der Waals surface area contributed by atoms with Gasteiger partial charge < -0.3 is 15.7 Å². The number of thiazole rings is 1. The first-order valence-electron chi connectivity index (χ1n) is 6.72. The van der Waals surface area contributed by atoms with Gasteiger partial charge in [-0.1, -0.05) is 13.3 Å². The first kappa shape index (κ1) is 14.8. The lowest BCUT2D eigenvalue weighted by molar-refractivity contribution is -0.152. The average molecular weight is 297 g/mol. The summed E-state index contributed by atoms with van der Waals surface area (Å²) in [6.07, 6.45) is 2.71. The number of carbonyl (C=O) groups excluding carboxylic acids is 1. The summed E-state index contributed by atoms with van der Waals surface area (Å²) in [6, 6.07) is 0. The molecule has 1 aliphatic heterocycles. The molecular formula is C13H19N3O3S. The molecular weight excluding hydrogens is 278 g/mol. The molecule has 1 atom stereocenters. The summed E-state index contributed by atoms with van der Waals surface area (Å²) >= 11 is 1.22. The van der Waals surface area contributed by atoms with Crippen LogP contribution in [0.1, 0.15) is 43.1 Å². The number of hydrogen-bond donors (Lipinski definition) is 2. The van der Waals surface area contributed by atoms with Crippen molar-refractivity contribution in [1.82, 2.24) is 9.88 Å². The van der Waals surface area contributed by atoms with Crippen molar-refractivity contribution in [1.29, 1.82) is 0 Å². The Morgan fingerprint density at radius 1 is 1.60 bits per heavy atom. The Hall–Kier alpha value is -1.63. The van der Waals surface area contributed by atoms with Crippen LogP contribution in [0.3, 0.4) is 0 Å². The number of nitrogen functional groups attached to an aromatic ring is 1. The number of aromatic nitrogens is 1. The smallest absolute Gasteiger partial charge is 0.311 e. The average Bonchev–Trinajstić information content (AvgIpc) is 2.85. The minimum atomic E-state index is -0.815. The molecule has 1 fully saturated rings. The molecule has 1 unspecified atom stereocenters. The lowest BCUT2D eigenvalue weighted by atomic mass is 9.76. The first-order chi connectivity index (χ1) is 9.48. The topological polar surface area (TPSA) is 96.5 Å². The molecule has 1 aromatic rings. The molecule has 110 valence electrons.